The molecule has 2 heterocycles. The van der Waals surface area contributed by atoms with Crippen molar-refractivity contribution in [3.8, 4) is 6.07 Å². The number of benzene rings is 1. The van der Waals surface area contributed by atoms with Crippen LogP contribution >= 0.6 is 0 Å². The van der Waals surface area contributed by atoms with Gasteiger partial charge in [-0.05, 0) is 25.5 Å². The third kappa shape index (κ3) is 1.85. The number of rotatable bonds is 2. The summed E-state index contributed by atoms with van der Waals surface area (Å²) < 4.78 is 7.47. The number of fused-ring (bicyclic) bond motifs is 1. The van der Waals surface area contributed by atoms with Crippen molar-refractivity contribution in [3.63, 3.8) is 0 Å². The first-order chi connectivity index (χ1) is 9.22. The van der Waals surface area contributed by atoms with Gasteiger partial charge < -0.3 is 15.0 Å². The van der Waals surface area contributed by atoms with Gasteiger partial charge in [0.1, 0.15) is 11.6 Å². The van der Waals surface area contributed by atoms with E-state index in [1.54, 1.807) is 6.07 Å². The van der Waals surface area contributed by atoms with Crippen molar-refractivity contribution in [2.45, 2.75) is 19.4 Å². The van der Waals surface area contributed by atoms with Gasteiger partial charge in [-0.1, -0.05) is 6.07 Å². The standard InChI is InChI=1S/C14H16N4O/c1-9(11-5-6-19-8-11)18-12-4-2-3-10(7-15)13(12)17-14(18)16/h2-4,9,11H,5-6,8H2,1H3,(H2,16,17). The second-order valence-electron chi connectivity index (χ2n) is 4.99. The number of ether oxygens (including phenoxy) is 1. The van der Waals surface area contributed by atoms with Crippen molar-refractivity contribution in [1.82, 2.24) is 9.55 Å². The van der Waals surface area contributed by atoms with Crippen molar-refractivity contribution in [2.75, 3.05) is 18.9 Å². The number of aromatic nitrogens is 2. The molecule has 1 aromatic heterocycles. The van der Waals surface area contributed by atoms with Crippen molar-refractivity contribution in [2.24, 2.45) is 5.92 Å². The second kappa shape index (κ2) is 4.56. The molecule has 0 spiro atoms. The summed E-state index contributed by atoms with van der Waals surface area (Å²) in [5.41, 5.74) is 8.23. The molecule has 5 heteroatoms. The minimum atomic E-state index is 0.224. The van der Waals surface area contributed by atoms with Gasteiger partial charge in [-0.2, -0.15) is 5.26 Å². The van der Waals surface area contributed by atoms with Crippen molar-refractivity contribution in [3.05, 3.63) is 23.8 Å². The Hall–Kier alpha value is -2.06. The van der Waals surface area contributed by atoms with Crippen LogP contribution in [0.3, 0.4) is 0 Å². The average molecular weight is 256 g/mol. The molecule has 1 aromatic carbocycles. The Labute approximate surface area is 111 Å². The summed E-state index contributed by atoms with van der Waals surface area (Å²) >= 11 is 0. The van der Waals surface area contributed by atoms with E-state index < -0.39 is 0 Å². The number of para-hydroxylation sites is 1. The lowest BCUT2D eigenvalue weighted by Crippen LogP contribution is -2.18. The van der Waals surface area contributed by atoms with E-state index in [1.165, 1.54) is 0 Å². The normalized spacial score (nSPS) is 20.5. The van der Waals surface area contributed by atoms with E-state index in [4.69, 9.17) is 15.7 Å². The molecular weight excluding hydrogens is 240 g/mol. The van der Waals surface area contributed by atoms with Crippen molar-refractivity contribution >= 4 is 17.0 Å². The first kappa shape index (κ1) is 12.0. The van der Waals surface area contributed by atoms with Crippen LogP contribution in [0.4, 0.5) is 5.95 Å². The summed E-state index contributed by atoms with van der Waals surface area (Å²) in [6.45, 7) is 3.71. The van der Waals surface area contributed by atoms with Crippen LogP contribution in [-0.4, -0.2) is 22.8 Å². The Kier molecular flexibility index (Phi) is 2.88. The van der Waals surface area contributed by atoms with Crippen molar-refractivity contribution in [1.29, 1.82) is 5.26 Å². The van der Waals surface area contributed by atoms with Gasteiger partial charge in [0.05, 0.1) is 17.7 Å². The monoisotopic (exact) mass is 256 g/mol. The molecule has 1 fully saturated rings. The molecule has 1 aliphatic heterocycles. The second-order valence-corrected chi connectivity index (χ2v) is 4.99. The predicted octanol–water partition coefficient (Wildman–Crippen LogP) is 2.09. The van der Waals surface area contributed by atoms with Gasteiger partial charge >= 0.3 is 0 Å². The maximum atomic E-state index is 9.13. The summed E-state index contributed by atoms with van der Waals surface area (Å²) in [6.07, 6.45) is 1.04. The summed E-state index contributed by atoms with van der Waals surface area (Å²) in [7, 11) is 0. The molecule has 1 aliphatic rings. The highest BCUT2D eigenvalue weighted by Crippen LogP contribution is 2.32. The van der Waals surface area contributed by atoms with E-state index in [9.17, 15) is 0 Å². The average Bonchev–Trinajstić information content (AvgIpc) is 3.04. The molecule has 2 unspecified atom stereocenters. The Morgan fingerprint density at radius 2 is 2.42 bits per heavy atom. The van der Waals surface area contributed by atoms with E-state index in [0.29, 0.717) is 22.9 Å². The number of imidazole rings is 1. The first-order valence-electron chi connectivity index (χ1n) is 6.46. The number of hydrogen-bond donors (Lipinski definition) is 1. The van der Waals surface area contributed by atoms with Crippen LogP contribution in [0.5, 0.6) is 0 Å². The summed E-state index contributed by atoms with van der Waals surface area (Å²) in [4.78, 5) is 4.35. The number of nitrogens with zero attached hydrogens (tertiary/aromatic N) is 3. The van der Waals surface area contributed by atoms with Gasteiger partial charge in [0.25, 0.3) is 0 Å². The van der Waals surface area contributed by atoms with E-state index in [1.807, 2.05) is 16.7 Å². The van der Waals surface area contributed by atoms with Crippen LogP contribution < -0.4 is 5.73 Å². The zero-order chi connectivity index (χ0) is 13.4. The third-order valence-electron chi connectivity index (χ3n) is 3.92. The van der Waals surface area contributed by atoms with Crippen molar-refractivity contribution < 1.29 is 4.74 Å². The fourth-order valence-corrected chi connectivity index (χ4v) is 2.80. The molecule has 0 bridgehead atoms. The summed E-state index contributed by atoms with van der Waals surface area (Å²) in [5.74, 6) is 0.919. The topological polar surface area (TPSA) is 76.9 Å². The molecule has 5 nitrogen and oxygen atoms in total. The van der Waals surface area contributed by atoms with Crippen LogP contribution in [-0.2, 0) is 4.74 Å². The molecule has 19 heavy (non-hydrogen) atoms. The SMILES string of the molecule is CC(C1CCOC1)n1c(N)nc2c(C#N)cccc21. The number of nitriles is 1. The first-order valence-corrected chi connectivity index (χ1v) is 6.46. The number of nitrogen functional groups attached to an aromatic ring is 1. The van der Waals surface area contributed by atoms with E-state index in [-0.39, 0.29) is 6.04 Å². The van der Waals surface area contributed by atoms with Gasteiger partial charge in [0.15, 0.2) is 0 Å². The molecule has 98 valence electrons. The highest BCUT2D eigenvalue weighted by molar-refractivity contribution is 5.84. The smallest absolute Gasteiger partial charge is 0.201 e. The molecule has 0 amide bonds. The Bertz CT molecular complexity index is 649. The third-order valence-corrected chi connectivity index (χ3v) is 3.92. The fraction of sp³-hybridized carbons (Fsp3) is 0.429. The quantitative estimate of drug-likeness (QED) is 0.892. The van der Waals surface area contributed by atoms with Crippen LogP contribution in [0.15, 0.2) is 18.2 Å². The Morgan fingerprint density at radius 3 is 3.11 bits per heavy atom. The molecule has 2 aromatic rings. The molecule has 2 N–H and O–H groups in total. The van der Waals surface area contributed by atoms with Crippen LogP contribution in [0.2, 0.25) is 0 Å². The lowest BCUT2D eigenvalue weighted by Gasteiger charge is -2.21. The van der Waals surface area contributed by atoms with Crippen LogP contribution in [0.25, 0.3) is 11.0 Å². The Morgan fingerprint density at radius 1 is 1.58 bits per heavy atom. The minimum absolute atomic E-state index is 0.224. The van der Waals surface area contributed by atoms with Gasteiger partial charge in [0.2, 0.25) is 5.95 Å². The molecule has 0 saturated carbocycles. The number of hydrogen-bond acceptors (Lipinski definition) is 4. The largest absolute Gasteiger partial charge is 0.381 e. The molecule has 2 atom stereocenters. The fourth-order valence-electron chi connectivity index (χ4n) is 2.80. The van der Waals surface area contributed by atoms with E-state index in [0.717, 1.165) is 25.2 Å². The Balaban J connectivity index is 2.13. The predicted molar refractivity (Wildman–Crippen MR) is 72.5 cm³/mol. The zero-order valence-electron chi connectivity index (χ0n) is 10.8. The highest BCUT2D eigenvalue weighted by atomic mass is 16.5. The van der Waals surface area contributed by atoms with Gasteiger partial charge in [-0.25, -0.2) is 4.98 Å². The molecule has 0 radical (unpaired) electrons. The number of anilines is 1. The summed E-state index contributed by atoms with van der Waals surface area (Å²) in [5, 5.41) is 9.13. The van der Waals surface area contributed by atoms with Crippen LogP contribution in [0, 0.1) is 17.2 Å². The molecule has 3 rings (SSSR count). The maximum absolute atomic E-state index is 9.13. The van der Waals surface area contributed by atoms with E-state index >= 15 is 0 Å². The molecule has 0 aliphatic carbocycles. The van der Waals surface area contributed by atoms with Gasteiger partial charge in [-0.15, -0.1) is 0 Å². The lowest BCUT2D eigenvalue weighted by molar-refractivity contribution is 0.176. The minimum Gasteiger partial charge on any atom is -0.381 e. The molecular formula is C14H16N4O. The van der Waals surface area contributed by atoms with Crippen LogP contribution in [0.1, 0.15) is 24.9 Å². The number of nitrogens with two attached hydrogens (primary N) is 1. The molecule has 1 saturated heterocycles. The lowest BCUT2D eigenvalue weighted by atomic mass is 10.0. The highest BCUT2D eigenvalue weighted by Gasteiger charge is 2.26. The summed E-state index contributed by atoms with van der Waals surface area (Å²) in [6, 6.07) is 7.99. The van der Waals surface area contributed by atoms with Gasteiger partial charge in [0, 0.05) is 18.6 Å². The van der Waals surface area contributed by atoms with E-state index in [2.05, 4.69) is 18.0 Å². The van der Waals surface area contributed by atoms with Gasteiger partial charge in [-0.3, -0.25) is 0 Å². The maximum Gasteiger partial charge on any atom is 0.201 e. The zero-order valence-corrected chi connectivity index (χ0v) is 10.8.